The number of urea groups is 1. The monoisotopic (exact) mass is 570 g/mol. The fourth-order valence-corrected chi connectivity index (χ4v) is 7.27. The molecule has 5 rings (SSSR count). The number of benzene rings is 3. The number of thiophene rings is 1. The maximum Gasteiger partial charge on any atom is 0.330 e. The van der Waals surface area contributed by atoms with Crippen molar-refractivity contribution in [1.29, 1.82) is 0 Å². The van der Waals surface area contributed by atoms with E-state index in [-0.39, 0.29) is 5.78 Å². The Morgan fingerprint density at radius 2 is 1.63 bits per heavy atom. The van der Waals surface area contributed by atoms with Crippen molar-refractivity contribution in [3.05, 3.63) is 123 Å². The highest BCUT2D eigenvalue weighted by Crippen LogP contribution is 2.58. The van der Waals surface area contributed by atoms with Crippen molar-refractivity contribution in [2.45, 2.75) is 45.2 Å². The zero-order valence-electron chi connectivity index (χ0n) is 23.2. The average Bonchev–Trinajstić information content (AvgIpc) is 3.47. The Labute approximate surface area is 242 Å². The van der Waals surface area contributed by atoms with E-state index in [1.165, 1.54) is 47.4 Å². The van der Waals surface area contributed by atoms with Gasteiger partial charge in [0.05, 0.1) is 12.0 Å². The number of carboxylic acids is 1. The topological polar surface area (TPSA) is 86.7 Å². The van der Waals surface area contributed by atoms with Crippen molar-refractivity contribution >= 4 is 34.8 Å². The SMILES string of the molecule is Cc1cccc(NC(=O)N2C(c3ccc(F)cc3)C(C(=O)c3ccccc3C)C(c3sccc3C)C2(C)C(=O)O)c1. The first-order valence-electron chi connectivity index (χ1n) is 13.3. The van der Waals surface area contributed by atoms with Gasteiger partial charge >= 0.3 is 12.0 Å². The van der Waals surface area contributed by atoms with Gasteiger partial charge in [0.2, 0.25) is 0 Å². The van der Waals surface area contributed by atoms with E-state index in [2.05, 4.69) is 5.32 Å². The molecule has 1 saturated heterocycles. The number of nitrogens with zero attached hydrogens (tertiary/aromatic N) is 1. The molecule has 2 N–H and O–H groups in total. The number of halogens is 1. The Morgan fingerprint density at radius 3 is 2.24 bits per heavy atom. The number of hydrogen-bond donors (Lipinski definition) is 2. The summed E-state index contributed by atoms with van der Waals surface area (Å²) >= 11 is 1.37. The molecule has 1 aliphatic rings. The molecule has 3 aromatic carbocycles. The van der Waals surface area contributed by atoms with Crippen molar-refractivity contribution in [3.8, 4) is 0 Å². The molecule has 1 aliphatic heterocycles. The van der Waals surface area contributed by atoms with Crippen LogP contribution in [0.25, 0.3) is 0 Å². The number of nitrogens with one attached hydrogen (secondary N) is 1. The second-order valence-electron chi connectivity index (χ2n) is 10.8. The van der Waals surface area contributed by atoms with Crippen LogP contribution in [0.3, 0.4) is 0 Å². The first-order valence-corrected chi connectivity index (χ1v) is 14.2. The van der Waals surface area contributed by atoms with E-state index in [0.717, 1.165) is 21.6 Å². The largest absolute Gasteiger partial charge is 0.479 e. The molecule has 8 heteroatoms. The predicted octanol–water partition coefficient (Wildman–Crippen LogP) is 7.53. The number of anilines is 1. The second-order valence-corrected chi connectivity index (χ2v) is 11.7. The van der Waals surface area contributed by atoms with Gasteiger partial charge in [-0.1, -0.05) is 48.5 Å². The average molecular weight is 571 g/mol. The van der Waals surface area contributed by atoms with Crippen molar-refractivity contribution in [2.24, 2.45) is 5.92 Å². The Balaban J connectivity index is 1.78. The zero-order valence-corrected chi connectivity index (χ0v) is 24.0. The van der Waals surface area contributed by atoms with Gasteiger partial charge < -0.3 is 10.4 Å². The van der Waals surface area contributed by atoms with Crippen LogP contribution >= 0.6 is 11.3 Å². The Bertz CT molecular complexity index is 1630. The van der Waals surface area contributed by atoms with Crippen LogP contribution in [0.4, 0.5) is 14.9 Å². The standard InChI is InChI=1S/C33H31FN2O4S/c1-19-8-7-10-24(18-19)35-32(40)36-28(22-12-14-23(34)15-13-22)26(29(37)25-11-6-5-9-20(25)2)27(33(36,4)31(38)39)30-21(3)16-17-41-30/h5-18,26-28H,1-4H3,(H,35,40)(H,38,39). The minimum Gasteiger partial charge on any atom is -0.479 e. The van der Waals surface area contributed by atoms with Gasteiger partial charge in [-0.05, 0) is 85.7 Å². The Hall–Kier alpha value is -4.30. The summed E-state index contributed by atoms with van der Waals surface area (Å²) in [5, 5.41) is 15.7. The van der Waals surface area contributed by atoms with Gasteiger partial charge in [-0.3, -0.25) is 9.69 Å². The highest BCUT2D eigenvalue weighted by atomic mass is 32.1. The van der Waals surface area contributed by atoms with E-state index in [9.17, 15) is 23.9 Å². The number of Topliss-reactive ketones (excluding diaryl/α,β-unsaturated/α-hetero) is 1. The predicted molar refractivity (Wildman–Crippen MR) is 158 cm³/mol. The molecule has 4 atom stereocenters. The summed E-state index contributed by atoms with van der Waals surface area (Å²) in [6.07, 6.45) is 0. The van der Waals surface area contributed by atoms with Crippen LogP contribution in [0.2, 0.25) is 0 Å². The number of ketones is 1. The molecule has 4 unspecified atom stereocenters. The van der Waals surface area contributed by atoms with E-state index in [4.69, 9.17) is 0 Å². The summed E-state index contributed by atoms with van der Waals surface area (Å²) in [6.45, 7) is 7.11. The number of likely N-dealkylation sites (tertiary alicyclic amines) is 1. The van der Waals surface area contributed by atoms with E-state index in [1.54, 1.807) is 30.3 Å². The fraction of sp³-hybridized carbons (Fsp3) is 0.242. The molecule has 0 aliphatic carbocycles. The molecular formula is C33H31FN2O4S. The molecule has 4 aromatic rings. The Morgan fingerprint density at radius 1 is 0.927 bits per heavy atom. The molecule has 6 nitrogen and oxygen atoms in total. The van der Waals surface area contributed by atoms with Gasteiger partial charge in [-0.15, -0.1) is 11.3 Å². The Kier molecular flexibility index (Phi) is 7.53. The molecule has 210 valence electrons. The highest BCUT2D eigenvalue weighted by Gasteiger charge is 2.65. The molecule has 41 heavy (non-hydrogen) atoms. The molecule has 0 saturated carbocycles. The summed E-state index contributed by atoms with van der Waals surface area (Å²) < 4.78 is 14.1. The van der Waals surface area contributed by atoms with E-state index >= 15 is 0 Å². The van der Waals surface area contributed by atoms with Gasteiger partial charge in [0, 0.05) is 22.0 Å². The summed E-state index contributed by atoms with van der Waals surface area (Å²) in [5.41, 5.74) is 2.11. The number of rotatable bonds is 6. The number of carbonyl (C=O) groups is 3. The van der Waals surface area contributed by atoms with Crippen LogP contribution in [0.1, 0.15) is 56.4 Å². The second kappa shape index (κ2) is 10.9. The summed E-state index contributed by atoms with van der Waals surface area (Å²) in [4.78, 5) is 44.2. The minimum absolute atomic E-state index is 0.270. The third-order valence-electron chi connectivity index (χ3n) is 8.11. The lowest BCUT2D eigenvalue weighted by atomic mass is 9.73. The smallest absolute Gasteiger partial charge is 0.330 e. The van der Waals surface area contributed by atoms with Crippen LogP contribution in [-0.2, 0) is 4.79 Å². The highest BCUT2D eigenvalue weighted by molar-refractivity contribution is 7.10. The number of carbonyl (C=O) groups excluding carboxylic acids is 2. The van der Waals surface area contributed by atoms with Gasteiger partial charge in [-0.2, -0.15) is 0 Å². The molecule has 1 fully saturated rings. The number of hydrogen-bond acceptors (Lipinski definition) is 4. The van der Waals surface area contributed by atoms with Crippen LogP contribution in [-0.4, -0.2) is 33.3 Å². The van der Waals surface area contributed by atoms with Crippen LogP contribution in [0, 0.1) is 32.5 Å². The zero-order chi connectivity index (χ0) is 29.5. The van der Waals surface area contributed by atoms with Gasteiger partial charge in [-0.25, -0.2) is 14.0 Å². The number of aryl methyl sites for hydroxylation is 3. The van der Waals surface area contributed by atoms with Crippen molar-refractivity contribution in [3.63, 3.8) is 0 Å². The summed E-state index contributed by atoms with van der Waals surface area (Å²) in [6, 6.07) is 20.2. The van der Waals surface area contributed by atoms with Gasteiger partial charge in [0.15, 0.2) is 5.78 Å². The molecule has 2 amide bonds. The van der Waals surface area contributed by atoms with Crippen molar-refractivity contribution in [2.75, 3.05) is 5.32 Å². The van der Waals surface area contributed by atoms with Gasteiger partial charge in [0.1, 0.15) is 11.4 Å². The molecule has 0 spiro atoms. The van der Waals surface area contributed by atoms with Crippen LogP contribution in [0.5, 0.6) is 0 Å². The molecule has 0 bridgehead atoms. The van der Waals surface area contributed by atoms with Gasteiger partial charge in [0.25, 0.3) is 0 Å². The molecular weight excluding hydrogens is 539 g/mol. The van der Waals surface area contributed by atoms with E-state index < -0.39 is 41.2 Å². The quantitative estimate of drug-likeness (QED) is 0.235. The number of amides is 2. The van der Waals surface area contributed by atoms with Crippen LogP contribution < -0.4 is 5.32 Å². The van der Waals surface area contributed by atoms with Crippen molar-refractivity contribution < 1.29 is 23.9 Å². The fourth-order valence-electron chi connectivity index (χ4n) is 6.07. The lowest BCUT2D eigenvalue weighted by Gasteiger charge is -2.37. The van der Waals surface area contributed by atoms with E-state index in [1.807, 2.05) is 50.4 Å². The number of carboxylic acid groups (broad SMARTS) is 1. The lowest BCUT2D eigenvalue weighted by Crippen LogP contribution is -2.55. The minimum atomic E-state index is -1.83. The molecule has 1 aromatic heterocycles. The van der Waals surface area contributed by atoms with Crippen LogP contribution in [0.15, 0.2) is 84.2 Å². The molecule has 2 heterocycles. The van der Waals surface area contributed by atoms with Crippen molar-refractivity contribution in [1.82, 2.24) is 4.90 Å². The first-order chi connectivity index (χ1) is 19.5. The first kappa shape index (κ1) is 28.2. The normalized spacial score (nSPS) is 22.0. The number of aliphatic carboxylic acids is 1. The summed E-state index contributed by atoms with van der Waals surface area (Å²) in [5.74, 6) is -3.83. The third kappa shape index (κ3) is 4.93. The molecule has 0 radical (unpaired) electrons. The summed E-state index contributed by atoms with van der Waals surface area (Å²) in [7, 11) is 0. The lowest BCUT2D eigenvalue weighted by molar-refractivity contribution is -0.148. The van der Waals surface area contributed by atoms with E-state index in [0.29, 0.717) is 16.8 Å². The maximum atomic E-state index is 14.6. The third-order valence-corrected chi connectivity index (χ3v) is 9.22. The maximum absolute atomic E-state index is 14.6.